The summed E-state index contributed by atoms with van der Waals surface area (Å²) >= 11 is 0. The predicted octanol–water partition coefficient (Wildman–Crippen LogP) is 4.60. The van der Waals surface area contributed by atoms with Gasteiger partial charge in [-0.1, -0.05) is 54.6 Å². The highest BCUT2D eigenvalue weighted by Crippen LogP contribution is 2.22. The molecule has 0 bridgehead atoms. The summed E-state index contributed by atoms with van der Waals surface area (Å²) < 4.78 is 53.1. The van der Waals surface area contributed by atoms with E-state index in [9.17, 15) is 26.8 Å². The van der Waals surface area contributed by atoms with Gasteiger partial charge in [0.25, 0.3) is 0 Å². The highest BCUT2D eigenvalue weighted by atomic mass is 32.2. The Kier molecular flexibility index (Phi) is 10.8. The van der Waals surface area contributed by atoms with Crippen LogP contribution >= 0.6 is 0 Å². The summed E-state index contributed by atoms with van der Waals surface area (Å²) in [4.78, 5) is 28.5. The van der Waals surface area contributed by atoms with E-state index in [4.69, 9.17) is 0 Å². The molecule has 10 heteroatoms. The summed E-state index contributed by atoms with van der Waals surface area (Å²) in [7, 11) is -3.84. The zero-order valence-electron chi connectivity index (χ0n) is 22.9. The van der Waals surface area contributed by atoms with Gasteiger partial charge in [0.2, 0.25) is 21.8 Å². The van der Waals surface area contributed by atoms with Crippen LogP contribution in [-0.2, 0) is 32.6 Å². The average molecular weight is 572 g/mol. The van der Waals surface area contributed by atoms with E-state index in [1.165, 1.54) is 6.07 Å². The zero-order valence-corrected chi connectivity index (χ0v) is 23.8. The first-order valence-corrected chi connectivity index (χ1v) is 14.9. The van der Waals surface area contributed by atoms with E-state index >= 15 is 0 Å². The monoisotopic (exact) mass is 571 g/mol. The van der Waals surface area contributed by atoms with Gasteiger partial charge in [0.1, 0.15) is 6.04 Å². The molecule has 214 valence electrons. The molecule has 7 nitrogen and oxygen atoms in total. The van der Waals surface area contributed by atoms with Gasteiger partial charge in [-0.25, -0.2) is 17.2 Å². The molecule has 3 aromatic rings. The molecule has 0 aromatic heterocycles. The average Bonchev–Trinajstić information content (AvgIpc) is 2.91. The van der Waals surface area contributed by atoms with Crippen molar-refractivity contribution in [2.75, 3.05) is 23.7 Å². The number of benzene rings is 3. The smallest absolute Gasteiger partial charge is 0.243 e. The number of sulfonamides is 1. The molecular weight excluding hydrogens is 536 g/mol. The van der Waals surface area contributed by atoms with Crippen molar-refractivity contribution in [1.82, 2.24) is 10.2 Å². The van der Waals surface area contributed by atoms with Gasteiger partial charge in [0.05, 0.1) is 11.9 Å². The lowest BCUT2D eigenvalue weighted by molar-refractivity contribution is -0.141. The Bertz CT molecular complexity index is 1420. The lowest BCUT2D eigenvalue weighted by atomic mass is 10.0. The summed E-state index contributed by atoms with van der Waals surface area (Å²) in [5.41, 5.74) is 2.71. The van der Waals surface area contributed by atoms with Crippen LogP contribution in [0.25, 0.3) is 0 Å². The van der Waals surface area contributed by atoms with E-state index in [-0.39, 0.29) is 43.4 Å². The molecule has 0 aliphatic rings. The topological polar surface area (TPSA) is 86.8 Å². The summed E-state index contributed by atoms with van der Waals surface area (Å²) in [6.07, 6.45) is 1.30. The molecule has 2 amide bonds. The second-order valence-electron chi connectivity index (χ2n) is 9.59. The van der Waals surface area contributed by atoms with Gasteiger partial charge < -0.3 is 10.2 Å². The van der Waals surface area contributed by atoms with Gasteiger partial charge in [-0.3, -0.25) is 13.9 Å². The van der Waals surface area contributed by atoms with Crippen molar-refractivity contribution in [2.24, 2.45) is 0 Å². The number of hydrogen-bond acceptors (Lipinski definition) is 4. The number of anilines is 1. The lowest BCUT2D eigenvalue weighted by Crippen LogP contribution is -2.50. The van der Waals surface area contributed by atoms with E-state index in [0.29, 0.717) is 13.0 Å². The number of aryl methyl sites for hydroxylation is 1. The number of halogens is 2. The Hall–Kier alpha value is -3.79. The van der Waals surface area contributed by atoms with Gasteiger partial charge in [-0.05, 0) is 49.1 Å². The van der Waals surface area contributed by atoms with Crippen LogP contribution in [0.3, 0.4) is 0 Å². The molecule has 0 aliphatic heterocycles. The first-order valence-electron chi connectivity index (χ1n) is 13.1. The third-order valence-corrected chi connectivity index (χ3v) is 7.76. The van der Waals surface area contributed by atoms with Gasteiger partial charge in [0, 0.05) is 38.5 Å². The summed E-state index contributed by atoms with van der Waals surface area (Å²) in [6.45, 7) is 4.21. The number of carbonyl (C=O) groups excluding carboxylic acids is 2. The third kappa shape index (κ3) is 8.35. The molecule has 1 N–H and O–H groups in total. The van der Waals surface area contributed by atoms with Crippen LogP contribution in [0.15, 0.2) is 72.8 Å². The summed E-state index contributed by atoms with van der Waals surface area (Å²) in [6, 6.07) is 19.1. The minimum atomic E-state index is -3.84. The van der Waals surface area contributed by atoms with Crippen LogP contribution < -0.4 is 9.62 Å². The minimum Gasteiger partial charge on any atom is -0.355 e. The molecule has 0 saturated carbocycles. The molecule has 0 heterocycles. The number of likely N-dealkylation sites (N-methyl/N-ethyl adjacent to an activating group) is 1. The second-order valence-corrected chi connectivity index (χ2v) is 11.5. The fraction of sp³-hybridized carbons (Fsp3) is 0.333. The molecular formula is C30H35F2N3O4S. The second kappa shape index (κ2) is 14.0. The maximum Gasteiger partial charge on any atom is 0.243 e. The van der Waals surface area contributed by atoms with E-state index in [1.807, 2.05) is 68.4 Å². The van der Waals surface area contributed by atoms with E-state index in [0.717, 1.165) is 39.4 Å². The quantitative estimate of drug-likeness (QED) is 0.325. The molecule has 0 aliphatic carbocycles. The van der Waals surface area contributed by atoms with Crippen molar-refractivity contribution in [3.8, 4) is 0 Å². The standard InChI is InChI=1S/C30H35F2N3O4S/c1-4-33-30(37)28(19-23-12-6-5-7-13-23)34(21-24-14-9-8-11-22(24)2)29(36)15-10-18-35(40(3,38)39)25-16-17-26(31)27(32)20-25/h5-9,11-14,16-17,20,28H,4,10,15,18-19,21H2,1-3H3,(H,33,37)/t28-/m1/s1. The van der Waals surface area contributed by atoms with Crippen LogP contribution in [0, 0.1) is 18.6 Å². The van der Waals surface area contributed by atoms with Gasteiger partial charge in [-0.15, -0.1) is 0 Å². The molecule has 0 saturated heterocycles. The Morgan fingerprint density at radius 2 is 1.62 bits per heavy atom. The van der Waals surface area contributed by atoms with Crippen molar-refractivity contribution in [1.29, 1.82) is 0 Å². The molecule has 3 aromatic carbocycles. The molecule has 3 rings (SSSR count). The van der Waals surface area contributed by atoms with Crippen LogP contribution in [0.2, 0.25) is 0 Å². The van der Waals surface area contributed by atoms with Crippen molar-refractivity contribution < 1.29 is 26.8 Å². The molecule has 0 spiro atoms. The summed E-state index contributed by atoms with van der Waals surface area (Å²) in [5, 5.41) is 2.84. The normalized spacial score (nSPS) is 12.0. The largest absolute Gasteiger partial charge is 0.355 e. The Balaban J connectivity index is 1.87. The Morgan fingerprint density at radius 3 is 2.25 bits per heavy atom. The highest BCUT2D eigenvalue weighted by molar-refractivity contribution is 7.92. The predicted molar refractivity (Wildman–Crippen MR) is 152 cm³/mol. The highest BCUT2D eigenvalue weighted by Gasteiger charge is 2.30. The van der Waals surface area contributed by atoms with E-state index < -0.39 is 27.7 Å². The van der Waals surface area contributed by atoms with Crippen molar-refractivity contribution in [2.45, 2.75) is 45.7 Å². The van der Waals surface area contributed by atoms with Crippen LogP contribution in [0.5, 0.6) is 0 Å². The SMILES string of the molecule is CCNC(=O)[C@@H](Cc1ccccc1)N(Cc1ccccc1C)C(=O)CCCN(c1ccc(F)c(F)c1)S(C)(=O)=O. The maximum absolute atomic E-state index is 13.8. The first-order chi connectivity index (χ1) is 19.0. The fourth-order valence-corrected chi connectivity index (χ4v) is 5.42. The van der Waals surface area contributed by atoms with Gasteiger partial charge in [0.15, 0.2) is 11.6 Å². The van der Waals surface area contributed by atoms with Gasteiger partial charge in [-0.2, -0.15) is 0 Å². The Morgan fingerprint density at radius 1 is 0.950 bits per heavy atom. The number of rotatable bonds is 13. The molecule has 0 fully saturated rings. The fourth-order valence-electron chi connectivity index (χ4n) is 4.46. The maximum atomic E-state index is 13.8. The zero-order chi connectivity index (χ0) is 29.3. The van der Waals surface area contributed by atoms with Gasteiger partial charge >= 0.3 is 0 Å². The minimum absolute atomic E-state index is 0.0325. The number of carbonyl (C=O) groups is 2. The number of hydrogen-bond donors (Lipinski definition) is 1. The first kappa shape index (κ1) is 30.7. The number of amides is 2. The van der Waals surface area contributed by atoms with Crippen LogP contribution in [0.4, 0.5) is 14.5 Å². The number of nitrogens with one attached hydrogen (secondary N) is 1. The number of nitrogens with zero attached hydrogens (tertiary/aromatic N) is 2. The third-order valence-electron chi connectivity index (χ3n) is 6.57. The van der Waals surface area contributed by atoms with E-state index in [1.54, 1.807) is 4.90 Å². The van der Waals surface area contributed by atoms with E-state index in [2.05, 4.69) is 5.32 Å². The van der Waals surface area contributed by atoms with Crippen molar-refractivity contribution in [3.63, 3.8) is 0 Å². The van der Waals surface area contributed by atoms with Crippen LogP contribution in [-0.4, -0.2) is 50.5 Å². The molecule has 0 unspecified atom stereocenters. The van der Waals surface area contributed by atoms with Crippen molar-refractivity contribution >= 4 is 27.5 Å². The molecule has 1 atom stereocenters. The summed E-state index contributed by atoms with van der Waals surface area (Å²) in [5.74, 6) is -2.87. The van der Waals surface area contributed by atoms with Crippen molar-refractivity contribution in [3.05, 3.63) is 101 Å². The molecule has 40 heavy (non-hydrogen) atoms. The van der Waals surface area contributed by atoms with Crippen LogP contribution in [0.1, 0.15) is 36.5 Å². The lowest BCUT2D eigenvalue weighted by Gasteiger charge is -2.32. The Labute approximate surface area is 234 Å². The molecule has 0 radical (unpaired) electrons.